The van der Waals surface area contributed by atoms with Crippen LogP contribution < -0.4 is 11.1 Å². The number of thiazole rings is 1. The molecule has 2 aliphatic rings. The van der Waals surface area contributed by atoms with Gasteiger partial charge >= 0.3 is 0 Å². The Bertz CT molecular complexity index is 706. The molecule has 114 valence electrons. The lowest BCUT2D eigenvalue weighted by molar-refractivity contribution is -0.118. The maximum absolute atomic E-state index is 12.7. The van der Waals surface area contributed by atoms with Crippen LogP contribution in [0.1, 0.15) is 35.4 Å². The Labute approximate surface area is 133 Å². The molecule has 1 saturated carbocycles. The van der Waals surface area contributed by atoms with Gasteiger partial charge in [-0.15, -0.1) is 11.3 Å². The molecule has 2 aliphatic carbocycles. The Morgan fingerprint density at radius 3 is 2.82 bits per heavy atom. The minimum absolute atomic E-state index is 0.0779. The standard InChI is InChI=1S/C17H19N3OS/c18-12-6-7-13-14(10-12)22-16(19-13)20-15(21)17(8-9-17)11-4-2-1-3-5-11/h1-5,12H,6-10,18H2,(H,19,20,21)/t12-/m0/s1. The highest BCUT2D eigenvalue weighted by atomic mass is 32.1. The molecule has 22 heavy (non-hydrogen) atoms. The SMILES string of the molecule is N[C@H]1CCc2nc(NC(=O)C3(c4ccccc4)CC3)sc2C1. The molecule has 1 fully saturated rings. The van der Waals surface area contributed by atoms with E-state index in [-0.39, 0.29) is 17.4 Å². The molecule has 1 aromatic carbocycles. The predicted molar refractivity (Wildman–Crippen MR) is 88.1 cm³/mol. The van der Waals surface area contributed by atoms with Crippen LogP contribution >= 0.6 is 11.3 Å². The Balaban J connectivity index is 1.53. The molecule has 0 unspecified atom stereocenters. The Hall–Kier alpha value is -1.72. The molecular weight excluding hydrogens is 294 g/mol. The van der Waals surface area contributed by atoms with Crippen LogP contribution in [0.15, 0.2) is 30.3 Å². The van der Waals surface area contributed by atoms with Gasteiger partial charge in [0.25, 0.3) is 0 Å². The molecule has 2 aromatic rings. The largest absolute Gasteiger partial charge is 0.327 e. The molecule has 1 atom stereocenters. The number of hydrogen-bond donors (Lipinski definition) is 2. The maximum atomic E-state index is 12.7. The molecule has 0 bridgehead atoms. The number of carbonyl (C=O) groups excluding carboxylic acids is 1. The fourth-order valence-corrected chi connectivity index (χ4v) is 4.30. The first-order valence-corrected chi connectivity index (χ1v) is 8.60. The highest BCUT2D eigenvalue weighted by Gasteiger charge is 2.51. The molecule has 4 rings (SSSR count). The third kappa shape index (κ3) is 2.34. The van der Waals surface area contributed by atoms with Crippen molar-refractivity contribution in [3.63, 3.8) is 0 Å². The average Bonchev–Trinajstić information content (AvgIpc) is 3.25. The van der Waals surface area contributed by atoms with Gasteiger partial charge in [-0.25, -0.2) is 4.98 Å². The monoisotopic (exact) mass is 313 g/mol. The van der Waals surface area contributed by atoms with Crippen molar-refractivity contribution < 1.29 is 4.79 Å². The number of fused-ring (bicyclic) bond motifs is 1. The molecule has 5 heteroatoms. The normalized spacial score (nSPS) is 22.0. The summed E-state index contributed by atoms with van der Waals surface area (Å²) in [5.74, 6) is 0.0779. The summed E-state index contributed by atoms with van der Waals surface area (Å²) < 4.78 is 0. The third-order valence-corrected chi connectivity index (χ3v) is 5.74. The van der Waals surface area contributed by atoms with Crippen molar-refractivity contribution in [2.24, 2.45) is 5.73 Å². The summed E-state index contributed by atoms with van der Waals surface area (Å²) in [7, 11) is 0. The summed E-state index contributed by atoms with van der Waals surface area (Å²) in [6.07, 6.45) is 4.62. The van der Waals surface area contributed by atoms with Gasteiger partial charge < -0.3 is 11.1 Å². The second kappa shape index (κ2) is 5.18. The van der Waals surface area contributed by atoms with Crippen LogP contribution in [0, 0.1) is 0 Å². The van der Waals surface area contributed by atoms with Crippen molar-refractivity contribution in [1.29, 1.82) is 0 Å². The van der Waals surface area contributed by atoms with E-state index in [1.807, 2.05) is 30.3 Å². The number of anilines is 1. The summed E-state index contributed by atoms with van der Waals surface area (Å²) in [5, 5.41) is 3.77. The van der Waals surface area contributed by atoms with E-state index in [1.54, 1.807) is 11.3 Å². The van der Waals surface area contributed by atoms with Crippen LogP contribution in [0.2, 0.25) is 0 Å². The number of aryl methyl sites for hydroxylation is 1. The Kier molecular flexibility index (Phi) is 3.27. The Morgan fingerprint density at radius 1 is 1.32 bits per heavy atom. The van der Waals surface area contributed by atoms with E-state index in [4.69, 9.17) is 5.73 Å². The number of benzene rings is 1. The van der Waals surface area contributed by atoms with Gasteiger partial charge in [0, 0.05) is 10.9 Å². The number of hydrogen-bond acceptors (Lipinski definition) is 4. The molecule has 3 N–H and O–H groups in total. The van der Waals surface area contributed by atoms with Gasteiger partial charge in [-0.1, -0.05) is 30.3 Å². The second-order valence-electron chi connectivity index (χ2n) is 6.29. The summed E-state index contributed by atoms with van der Waals surface area (Å²) in [6, 6.07) is 10.3. The number of aromatic nitrogens is 1. The predicted octanol–water partition coefficient (Wildman–Crippen LogP) is 2.63. The first-order valence-electron chi connectivity index (χ1n) is 7.78. The van der Waals surface area contributed by atoms with Crippen LogP contribution in [0.4, 0.5) is 5.13 Å². The van der Waals surface area contributed by atoms with Crippen molar-refractivity contribution in [3.8, 4) is 0 Å². The number of nitrogens with zero attached hydrogens (tertiary/aromatic N) is 1. The summed E-state index contributed by atoms with van der Waals surface area (Å²) in [6.45, 7) is 0. The summed E-state index contributed by atoms with van der Waals surface area (Å²) in [5.41, 5.74) is 7.89. The fraction of sp³-hybridized carbons (Fsp3) is 0.412. The van der Waals surface area contributed by atoms with Crippen molar-refractivity contribution >= 4 is 22.4 Å². The van der Waals surface area contributed by atoms with Crippen molar-refractivity contribution in [3.05, 3.63) is 46.5 Å². The van der Waals surface area contributed by atoms with Crippen LogP contribution in [-0.4, -0.2) is 16.9 Å². The minimum Gasteiger partial charge on any atom is -0.327 e. The zero-order chi connectivity index (χ0) is 15.2. The van der Waals surface area contributed by atoms with Crippen molar-refractivity contribution in [2.75, 3.05) is 5.32 Å². The van der Waals surface area contributed by atoms with Gasteiger partial charge in [0.15, 0.2) is 5.13 Å². The van der Waals surface area contributed by atoms with Gasteiger partial charge in [-0.05, 0) is 37.7 Å². The van der Waals surface area contributed by atoms with Gasteiger partial charge in [0.2, 0.25) is 5.91 Å². The quantitative estimate of drug-likeness (QED) is 0.915. The number of nitrogens with one attached hydrogen (secondary N) is 1. The molecule has 1 amide bonds. The molecular formula is C17H19N3OS. The van der Waals surface area contributed by atoms with E-state index in [0.717, 1.165) is 48.5 Å². The van der Waals surface area contributed by atoms with Crippen LogP contribution in [0.25, 0.3) is 0 Å². The molecule has 0 radical (unpaired) electrons. The molecule has 4 nitrogen and oxygen atoms in total. The van der Waals surface area contributed by atoms with Crippen LogP contribution in [-0.2, 0) is 23.1 Å². The highest BCUT2D eigenvalue weighted by molar-refractivity contribution is 7.15. The summed E-state index contributed by atoms with van der Waals surface area (Å²) >= 11 is 1.58. The van der Waals surface area contributed by atoms with Crippen molar-refractivity contribution in [1.82, 2.24) is 4.98 Å². The van der Waals surface area contributed by atoms with Gasteiger partial charge in [0.05, 0.1) is 11.1 Å². The van der Waals surface area contributed by atoms with Gasteiger partial charge in [-0.2, -0.15) is 0 Å². The fourth-order valence-electron chi connectivity index (χ4n) is 3.20. The smallest absolute Gasteiger partial charge is 0.236 e. The van der Waals surface area contributed by atoms with E-state index < -0.39 is 0 Å². The van der Waals surface area contributed by atoms with E-state index in [9.17, 15) is 4.79 Å². The highest BCUT2D eigenvalue weighted by Crippen LogP contribution is 2.49. The Morgan fingerprint density at radius 2 is 2.09 bits per heavy atom. The lowest BCUT2D eigenvalue weighted by Gasteiger charge is -2.15. The number of carbonyl (C=O) groups is 1. The maximum Gasteiger partial charge on any atom is 0.236 e. The van der Waals surface area contributed by atoms with Crippen LogP contribution in [0.3, 0.4) is 0 Å². The first kappa shape index (κ1) is 13.9. The second-order valence-corrected chi connectivity index (χ2v) is 7.38. The first-order chi connectivity index (χ1) is 10.7. The lowest BCUT2D eigenvalue weighted by atomic mass is 9.95. The van der Waals surface area contributed by atoms with Gasteiger partial charge in [-0.3, -0.25) is 4.79 Å². The molecule has 0 aliphatic heterocycles. The number of amides is 1. The number of rotatable bonds is 3. The lowest BCUT2D eigenvalue weighted by Crippen LogP contribution is -2.27. The van der Waals surface area contributed by atoms with Gasteiger partial charge in [0.1, 0.15) is 0 Å². The number of nitrogens with two attached hydrogens (primary N) is 1. The van der Waals surface area contributed by atoms with E-state index in [1.165, 1.54) is 4.88 Å². The molecule has 0 saturated heterocycles. The third-order valence-electron chi connectivity index (χ3n) is 4.71. The topological polar surface area (TPSA) is 68.0 Å². The van der Waals surface area contributed by atoms with E-state index in [0.29, 0.717) is 0 Å². The average molecular weight is 313 g/mol. The van der Waals surface area contributed by atoms with E-state index >= 15 is 0 Å². The van der Waals surface area contributed by atoms with Crippen molar-refractivity contribution in [2.45, 2.75) is 43.6 Å². The van der Waals surface area contributed by atoms with E-state index in [2.05, 4.69) is 10.3 Å². The minimum atomic E-state index is -0.343. The molecule has 1 heterocycles. The zero-order valence-corrected chi connectivity index (χ0v) is 13.2. The van der Waals surface area contributed by atoms with Crippen LogP contribution in [0.5, 0.6) is 0 Å². The molecule has 0 spiro atoms. The zero-order valence-electron chi connectivity index (χ0n) is 12.3. The molecule has 1 aromatic heterocycles. The summed E-state index contributed by atoms with van der Waals surface area (Å²) in [4.78, 5) is 18.5.